The van der Waals surface area contributed by atoms with E-state index in [9.17, 15) is 0 Å². The van der Waals surface area contributed by atoms with Crippen molar-refractivity contribution in [3.8, 4) is 17.6 Å². The number of hydrogen-bond donors (Lipinski definition) is 0. The molecule has 108 valence electrons. The quantitative estimate of drug-likeness (QED) is 0.754. The van der Waals surface area contributed by atoms with Crippen molar-refractivity contribution >= 4 is 15.9 Å². The smallest absolute Gasteiger partial charge is 0.133 e. The summed E-state index contributed by atoms with van der Waals surface area (Å²) in [5.41, 5.74) is 2.96. The van der Waals surface area contributed by atoms with Crippen LogP contribution in [0, 0.1) is 25.2 Å². The minimum atomic E-state index is 0.442. The molecule has 2 rings (SSSR count). The van der Waals surface area contributed by atoms with E-state index in [1.165, 1.54) is 5.56 Å². The largest absolute Gasteiger partial charge is 0.490 e. The first-order chi connectivity index (χ1) is 10.1. The van der Waals surface area contributed by atoms with E-state index in [0.717, 1.165) is 15.8 Å². The molecule has 0 N–H and O–H groups in total. The molecule has 0 saturated heterocycles. The van der Waals surface area contributed by atoms with Crippen LogP contribution in [0.15, 0.2) is 40.9 Å². The number of aryl methyl sites for hydroxylation is 1. The summed E-state index contributed by atoms with van der Waals surface area (Å²) >= 11 is 3.39. The van der Waals surface area contributed by atoms with Crippen molar-refractivity contribution in [2.45, 2.75) is 13.8 Å². The lowest BCUT2D eigenvalue weighted by atomic mass is 10.1. The SMILES string of the molecule is Cc1cccc(OCCOc2ccc(C#N)cc2Br)c1C. The van der Waals surface area contributed by atoms with Crippen molar-refractivity contribution in [3.63, 3.8) is 0 Å². The lowest BCUT2D eigenvalue weighted by molar-refractivity contribution is 0.215. The number of halogens is 1. The first kappa shape index (κ1) is 15.4. The van der Waals surface area contributed by atoms with Gasteiger partial charge in [-0.2, -0.15) is 5.26 Å². The zero-order chi connectivity index (χ0) is 15.2. The summed E-state index contributed by atoms with van der Waals surface area (Å²) in [5, 5.41) is 8.81. The molecule has 0 aliphatic carbocycles. The molecular weight excluding hydrogens is 330 g/mol. The summed E-state index contributed by atoms with van der Waals surface area (Å²) in [6, 6.07) is 13.3. The Morgan fingerprint density at radius 3 is 2.43 bits per heavy atom. The van der Waals surface area contributed by atoms with Gasteiger partial charge >= 0.3 is 0 Å². The van der Waals surface area contributed by atoms with Gasteiger partial charge in [-0.05, 0) is 65.2 Å². The van der Waals surface area contributed by atoms with Gasteiger partial charge < -0.3 is 9.47 Å². The van der Waals surface area contributed by atoms with Gasteiger partial charge in [0.2, 0.25) is 0 Å². The maximum atomic E-state index is 8.81. The third kappa shape index (κ3) is 3.99. The fourth-order valence-corrected chi connectivity index (χ4v) is 2.36. The van der Waals surface area contributed by atoms with E-state index in [4.69, 9.17) is 14.7 Å². The van der Waals surface area contributed by atoms with E-state index >= 15 is 0 Å². The number of nitriles is 1. The van der Waals surface area contributed by atoms with E-state index in [2.05, 4.69) is 35.0 Å². The Bertz CT molecular complexity index is 677. The predicted octanol–water partition coefficient (Wildman–Crippen LogP) is 4.40. The van der Waals surface area contributed by atoms with Crippen LogP contribution in [0.1, 0.15) is 16.7 Å². The average Bonchev–Trinajstić information content (AvgIpc) is 2.49. The van der Waals surface area contributed by atoms with Crippen LogP contribution >= 0.6 is 15.9 Å². The molecule has 0 atom stereocenters. The standard InChI is InChI=1S/C17H16BrNO2/c1-12-4-3-5-16(13(12)2)20-8-9-21-17-7-6-14(11-19)10-15(17)18/h3-7,10H,8-9H2,1-2H3. The molecule has 4 heteroatoms. The Morgan fingerprint density at radius 1 is 1.05 bits per heavy atom. The van der Waals surface area contributed by atoms with E-state index in [1.807, 2.05) is 19.1 Å². The Hall–Kier alpha value is -1.99. The van der Waals surface area contributed by atoms with E-state index in [1.54, 1.807) is 18.2 Å². The first-order valence-corrected chi connectivity index (χ1v) is 7.42. The molecule has 0 aliphatic rings. The van der Waals surface area contributed by atoms with E-state index in [-0.39, 0.29) is 0 Å². The Balaban J connectivity index is 1.88. The van der Waals surface area contributed by atoms with Crippen LogP contribution in [0.4, 0.5) is 0 Å². The highest BCUT2D eigenvalue weighted by Gasteiger charge is 2.04. The predicted molar refractivity (Wildman–Crippen MR) is 85.8 cm³/mol. The molecule has 2 aromatic carbocycles. The maximum absolute atomic E-state index is 8.81. The number of benzene rings is 2. The summed E-state index contributed by atoms with van der Waals surface area (Å²) in [7, 11) is 0. The molecule has 21 heavy (non-hydrogen) atoms. The molecule has 0 aliphatic heterocycles. The first-order valence-electron chi connectivity index (χ1n) is 6.63. The van der Waals surface area contributed by atoms with Crippen molar-refractivity contribution in [2.75, 3.05) is 13.2 Å². The molecular formula is C17H16BrNO2. The molecule has 0 unspecified atom stereocenters. The van der Waals surface area contributed by atoms with Crippen LogP contribution in [0.2, 0.25) is 0 Å². The maximum Gasteiger partial charge on any atom is 0.133 e. The second-order valence-electron chi connectivity index (χ2n) is 4.65. The van der Waals surface area contributed by atoms with Crippen LogP contribution in [0.3, 0.4) is 0 Å². The number of ether oxygens (including phenoxy) is 2. The summed E-state index contributed by atoms with van der Waals surface area (Å²) in [6.45, 7) is 5.02. The Labute approximate surface area is 133 Å². The van der Waals surface area contributed by atoms with Crippen LogP contribution in [-0.2, 0) is 0 Å². The topological polar surface area (TPSA) is 42.2 Å². The summed E-state index contributed by atoms with van der Waals surface area (Å²) < 4.78 is 12.1. The zero-order valence-corrected chi connectivity index (χ0v) is 13.6. The molecule has 0 heterocycles. The lowest BCUT2D eigenvalue weighted by Gasteiger charge is -2.12. The molecule has 0 fully saturated rings. The fourth-order valence-electron chi connectivity index (χ4n) is 1.87. The molecule has 0 bridgehead atoms. The van der Waals surface area contributed by atoms with Crippen LogP contribution < -0.4 is 9.47 Å². The monoisotopic (exact) mass is 345 g/mol. The second kappa shape index (κ2) is 7.14. The van der Waals surface area contributed by atoms with Gasteiger partial charge in [0.1, 0.15) is 24.7 Å². The van der Waals surface area contributed by atoms with Gasteiger partial charge in [-0.15, -0.1) is 0 Å². The summed E-state index contributed by atoms with van der Waals surface area (Å²) in [6.07, 6.45) is 0. The van der Waals surface area contributed by atoms with Gasteiger partial charge in [0.25, 0.3) is 0 Å². The van der Waals surface area contributed by atoms with Crippen LogP contribution in [0.25, 0.3) is 0 Å². The van der Waals surface area contributed by atoms with Crippen molar-refractivity contribution in [3.05, 3.63) is 57.6 Å². The molecule has 0 spiro atoms. The van der Waals surface area contributed by atoms with Gasteiger partial charge in [-0.1, -0.05) is 12.1 Å². The number of rotatable bonds is 5. The van der Waals surface area contributed by atoms with Crippen molar-refractivity contribution in [1.82, 2.24) is 0 Å². The lowest BCUT2D eigenvalue weighted by Crippen LogP contribution is -2.10. The Morgan fingerprint density at radius 2 is 1.76 bits per heavy atom. The third-order valence-corrected chi connectivity index (χ3v) is 3.83. The number of nitrogens with zero attached hydrogens (tertiary/aromatic N) is 1. The van der Waals surface area contributed by atoms with Crippen molar-refractivity contribution in [2.24, 2.45) is 0 Å². The second-order valence-corrected chi connectivity index (χ2v) is 5.51. The number of hydrogen-bond acceptors (Lipinski definition) is 3. The van der Waals surface area contributed by atoms with Crippen LogP contribution in [-0.4, -0.2) is 13.2 Å². The van der Waals surface area contributed by atoms with Gasteiger partial charge in [0.05, 0.1) is 16.1 Å². The van der Waals surface area contributed by atoms with Gasteiger partial charge in [0, 0.05) is 0 Å². The highest BCUT2D eigenvalue weighted by atomic mass is 79.9. The van der Waals surface area contributed by atoms with Gasteiger partial charge in [-0.25, -0.2) is 0 Å². The average molecular weight is 346 g/mol. The molecule has 3 nitrogen and oxygen atoms in total. The zero-order valence-electron chi connectivity index (χ0n) is 12.0. The minimum Gasteiger partial charge on any atom is -0.490 e. The normalized spacial score (nSPS) is 10.0. The third-order valence-electron chi connectivity index (χ3n) is 3.21. The molecule has 0 radical (unpaired) electrons. The summed E-state index contributed by atoms with van der Waals surface area (Å²) in [4.78, 5) is 0. The van der Waals surface area contributed by atoms with Crippen molar-refractivity contribution in [1.29, 1.82) is 5.26 Å². The molecule has 0 saturated carbocycles. The van der Waals surface area contributed by atoms with E-state index in [0.29, 0.717) is 24.5 Å². The van der Waals surface area contributed by atoms with Crippen LogP contribution in [0.5, 0.6) is 11.5 Å². The Kier molecular flexibility index (Phi) is 5.24. The minimum absolute atomic E-state index is 0.442. The fraction of sp³-hybridized carbons (Fsp3) is 0.235. The highest BCUT2D eigenvalue weighted by molar-refractivity contribution is 9.10. The van der Waals surface area contributed by atoms with E-state index < -0.39 is 0 Å². The molecule has 2 aromatic rings. The molecule has 0 amide bonds. The summed E-state index contributed by atoms with van der Waals surface area (Å²) in [5.74, 6) is 1.59. The molecule has 0 aromatic heterocycles. The highest BCUT2D eigenvalue weighted by Crippen LogP contribution is 2.26. The van der Waals surface area contributed by atoms with Gasteiger partial charge in [-0.3, -0.25) is 0 Å². The van der Waals surface area contributed by atoms with Gasteiger partial charge in [0.15, 0.2) is 0 Å². The van der Waals surface area contributed by atoms with Crippen molar-refractivity contribution < 1.29 is 9.47 Å².